The molecule has 0 aromatic heterocycles. The summed E-state index contributed by atoms with van der Waals surface area (Å²) in [4.78, 5) is 0. The summed E-state index contributed by atoms with van der Waals surface area (Å²) in [5, 5.41) is 3.21. The highest BCUT2D eigenvalue weighted by atomic mass is 19.1. The van der Waals surface area contributed by atoms with Gasteiger partial charge in [-0.3, -0.25) is 0 Å². The highest BCUT2D eigenvalue weighted by molar-refractivity contribution is 5.18. The van der Waals surface area contributed by atoms with Crippen molar-refractivity contribution < 1.29 is 18.3 Å². The van der Waals surface area contributed by atoms with E-state index in [1.165, 1.54) is 12.1 Å². The lowest BCUT2D eigenvalue weighted by atomic mass is 10.1. The van der Waals surface area contributed by atoms with E-state index in [9.17, 15) is 8.78 Å². The molecule has 0 unspecified atom stereocenters. The van der Waals surface area contributed by atoms with Gasteiger partial charge in [-0.1, -0.05) is 0 Å². The van der Waals surface area contributed by atoms with Crippen LogP contribution in [0.5, 0.6) is 0 Å². The monoisotopic (exact) mass is 273 g/mol. The number of rotatable bonds is 10. The lowest BCUT2D eigenvalue weighted by molar-refractivity contribution is 0.0695. The summed E-state index contributed by atoms with van der Waals surface area (Å²) in [5.74, 6) is -1.05. The number of halogens is 2. The van der Waals surface area contributed by atoms with Gasteiger partial charge in [0.25, 0.3) is 0 Å². The summed E-state index contributed by atoms with van der Waals surface area (Å²) in [7, 11) is 1.64. The molecule has 0 aliphatic rings. The highest BCUT2D eigenvalue weighted by Gasteiger charge is 2.00. The van der Waals surface area contributed by atoms with E-state index in [-0.39, 0.29) is 0 Å². The first-order valence-corrected chi connectivity index (χ1v) is 6.44. The van der Waals surface area contributed by atoms with Crippen LogP contribution in [-0.2, 0) is 15.9 Å². The predicted octanol–water partition coefficient (Wildman–Crippen LogP) is 2.15. The van der Waals surface area contributed by atoms with Crippen LogP contribution in [-0.4, -0.2) is 40.0 Å². The van der Waals surface area contributed by atoms with Crippen molar-refractivity contribution in [3.05, 3.63) is 35.4 Å². The van der Waals surface area contributed by atoms with Crippen LogP contribution >= 0.6 is 0 Å². The summed E-state index contributed by atoms with van der Waals surface area (Å²) >= 11 is 0. The standard InChI is InChI=1S/C14H21F2NO2/c1-18-7-8-19-6-2-4-17-5-3-12-9-13(15)11-14(16)10-12/h9-11,17H,2-8H2,1H3. The minimum Gasteiger partial charge on any atom is -0.382 e. The van der Waals surface area contributed by atoms with Crippen LogP contribution in [0.15, 0.2) is 18.2 Å². The molecule has 19 heavy (non-hydrogen) atoms. The van der Waals surface area contributed by atoms with Crippen LogP contribution in [0.25, 0.3) is 0 Å². The van der Waals surface area contributed by atoms with Gasteiger partial charge >= 0.3 is 0 Å². The molecule has 1 N–H and O–H groups in total. The molecule has 0 amide bonds. The van der Waals surface area contributed by atoms with Gasteiger partial charge in [-0.2, -0.15) is 0 Å². The molecule has 0 radical (unpaired) electrons. The fourth-order valence-corrected chi connectivity index (χ4v) is 1.66. The first kappa shape index (κ1) is 16.0. The minimum absolute atomic E-state index is 0.526. The van der Waals surface area contributed by atoms with Gasteiger partial charge in [-0.15, -0.1) is 0 Å². The Kier molecular flexibility index (Phi) is 8.29. The Labute approximate surface area is 112 Å². The first-order valence-electron chi connectivity index (χ1n) is 6.44. The Morgan fingerprint density at radius 3 is 2.42 bits per heavy atom. The van der Waals surface area contributed by atoms with E-state index in [4.69, 9.17) is 9.47 Å². The van der Waals surface area contributed by atoms with Crippen molar-refractivity contribution in [1.29, 1.82) is 0 Å². The number of hydrogen-bond acceptors (Lipinski definition) is 3. The molecule has 0 aliphatic carbocycles. The Morgan fingerprint density at radius 2 is 1.74 bits per heavy atom. The molecule has 0 saturated heterocycles. The fraction of sp³-hybridized carbons (Fsp3) is 0.571. The molecule has 5 heteroatoms. The Bertz CT molecular complexity index is 341. The molecule has 108 valence electrons. The number of methoxy groups -OCH3 is 1. The van der Waals surface area contributed by atoms with Gasteiger partial charge in [0.15, 0.2) is 0 Å². The molecule has 0 spiro atoms. The summed E-state index contributed by atoms with van der Waals surface area (Å²) in [6, 6.07) is 3.60. The van der Waals surface area contributed by atoms with Crippen molar-refractivity contribution in [2.24, 2.45) is 0 Å². The van der Waals surface area contributed by atoms with Gasteiger partial charge in [0, 0.05) is 19.8 Å². The third-order valence-corrected chi connectivity index (χ3v) is 2.59. The van der Waals surface area contributed by atoms with Crippen LogP contribution in [0, 0.1) is 11.6 Å². The van der Waals surface area contributed by atoms with Crippen LogP contribution in [0.2, 0.25) is 0 Å². The van der Waals surface area contributed by atoms with E-state index < -0.39 is 11.6 Å². The van der Waals surface area contributed by atoms with E-state index in [0.29, 0.717) is 38.3 Å². The molecule has 1 aromatic rings. The second kappa shape index (κ2) is 9.83. The van der Waals surface area contributed by atoms with Crippen molar-refractivity contribution in [3.8, 4) is 0 Å². The fourth-order valence-electron chi connectivity index (χ4n) is 1.66. The third-order valence-electron chi connectivity index (χ3n) is 2.59. The number of benzene rings is 1. The van der Waals surface area contributed by atoms with Crippen molar-refractivity contribution in [3.63, 3.8) is 0 Å². The third kappa shape index (κ3) is 7.87. The Morgan fingerprint density at radius 1 is 1.00 bits per heavy atom. The number of ether oxygens (including phenoxy) is 2. The maximum Gasteiger partial charge on any atom is 0.126 e. The molecule has 0 heterocycles. The van der Waals surface area contributed by atoms with Crippen molar-refractivity contribution >= 4 is 0 Å². The molecule has 0 bridgehead atoms. The van der Waals surface area contributed by atoms with Gasteiger partial charge in [-0.05, 0) is 43.6 Å². The normalized spacial score (nSPS) is 10.9. The average molecular weight is 273 g/mol. The second-order valence-electron chi connectivity index (χ2n) is 4.24. The number of hydrogen-bond donors (Lipinski definition) is 1. The zero-order chi connectivity index (χ0) is 13.9. The maximum absolute atomic E-state index is 12.9. The van der Waals surface area contributed by atoms with Gasteiger partial charge in [-0.25, -0.2) is 8.78 Å². The van der Waals surface area contributed by atoms with E-state index in [1.54, 1.807) is 7.11 Å². The van der Waals surface area contributed by atoms with Crippen molar-refractivity contribution in [2.45, 2.75) is 12.8 Å². The van der Waals surface area contributed by atoms with Crippen molar-refractivity contribution in [1.82, 2.24) is 5.32 Å². The SMILES string of the molecule is COCCOCCCNCCc1cc(F)cc(F)c1. The number of nitrogens with one attached hydrogen (secondary N) is 1. The van der Waals surface area contributed by atoms with Crippen molar-refractivity contribution in [2.75, 3.05) is 40.0 Å². The van der Waals surface area contributed by atoms with Gasteiger partial charge < -0.3 is 14.8 Å². The smallest absolute Gasteiger partial charge is 0.126 e. The van der Waals surface area contributed by atoms with Crippen LogP contribution in [0.4, 0.5) is 8.78 Å². The lowest BCUT2D eigenvalue weighted by Crippen LogP contribution is -2.20. The summed E-state index contributed by atoms with van der Waals surface area (Å²) in [6.07, 6.45) is 1.51. The van der Waals surface area contributed by atoms with E-state index in [2.05, 4.69) is 5.32 Å². The summed E-state index contributed by atoms with van der Waals surface area (Å²) in [5.41, 5.74) is 0.668. The second-order valence-corrected chi connectivity index (χ2v) is 4.24. The zero-order valence-electron chi connectivity index (χ0n) is 11.3. The topological polar surface area (TPSA) is 30.5 Å². The molecule has 0 fully saturated rings. The Balaban J connectivity index is 2.01. The Hall–Kier alpha value is -1.04. The average Bonchev–Trinajstić information content (AvgIpc) is 2.36. The molecule has 0 saturated carbocycles. The molecule has 1 aromatic carbocycles. The van der Waals surface area contributed by atoms with Gasteiger partial charge in [0.2, 0.25) is 0 Å². The van der Waals surface area contributed by atoms with E-state index in [0.717, 1.165) is 19.0 Å². The largest absolute Gasteiger partial charge is 0.382 e. The maximum atomic E-state index is 12.9. The van der Waals surface area contributed by atoms with Gasteiger partial charge in [0.1, 0.15) is 11.6 Å². The molecular formula is C14H21F2NO2. The molecule has 0 atom stereocenters. The van der Waals surface area contributed by atoms with Crippen LogP contribution in [0.3, 0.4) is 0 Å². The highest BCUT2D eigenvalue weighted by Crippen LogP contribution is 2.07. The van der Waals surface area contributed by atoms with E-state index in [1.807, 2.05) is 0 Å². The van der Waals surface area contributed by atoms with Crippen LogP contribution < -0.4 is 5.32 Å². The van der Waals surface area contributed by atoms with Crippen LogP contribution in [0.1, 0.15) is 12.0 Å². The molecule has 3 nitrogen and oxygen atoms in total. The lowest BCUT2D eigenvalue weighted by Gasteiger charge is -2.06. The first-order chi connectivity index (χ1) is 9.22. The minimum atomic E-state index is -0.526. The van der Waals surface area contributed by atoms with E-state index >= 15 is 0 Å². The molecule has 1 rings (SSSR count). The zero-order valence-corrected chi connectivity index (χ0v) is 11.3. The predicted molar refractivity (Wildman–Crippen MR) is 70.2 cm³/mol. The van der Waals surface area contributed by atoms with Gasteiger partial charge in [0.05, 0.1) is 13.2 Å². The summed E-state index contributed by atoms with van der Waals surface area (Å²) in [6.45, 7) is 3.42. The quantitative estimate of drug-likeness (QED) is 0.663. The summed E-state index contributed by atoms with van der Waals surface area (Å²) < 4.78 is 36.0. The molecule has 0 aliphatic heterocycles. The molecular weight excluding hydrogens is 252 g/mol.